The number of nitrogens with zero attached hydrogens (tertiary/aromatic N) is 2. The zero-order chi connectivity index (χ0) is 18.2. The van der Waals surface area contributed by atoms with Crippen LogP contribution in [0.15, 0.2) is 12.1 Å². The molecule has 0 aliphatic carbocycles. The summed E-state index contributed by atoms with van der Waals surface area (Å²) in [6.45, 7) is 2.08. The minimum Gasteiger partial charge on any atom is -0.493 e. The number of aryl methyl sites for hydroxylation is 2. The van der Waals surface area contributed by atoms with E-state index in [1.54, 1.807) is 21.3 Å². The van der Waals surface area contributed by atoms with E-state index in [0.717, 1.165) is 23.4 Å². The Kier molecular flexibility index (Phi) is 7.00. The Labute approximate surface area is 151 Å². The minimum absolute atomic E-state index is 0.104. The van der Waals surface area contributed by atoms with Crippen molar-refractivity contribution in [1.29, 1.82) is 0 Å². The lowest BCUT2D eigenvalue weighted by Crippen LogP contribution is -2.12. The molecular formula is C17H23N3O4S. The fourth-order valence-corrected chi connectivity index (χ4v) is 3.20. The third kappa shape index (κ3) is 5.06. The first-order chi connectivity index (χ1) is 12.1. The van der Waals surface area contributed by atoms with Gasteiger partial charge in [0.05, 0.1) is 21.3 Å². The Morgan fingerprint density at radius 3 is 2.32 bits per heavy atom. The maximum atomic E-state index is 12.1. The molecule has 1 aromatic carbocycles. The standard InChI is InChI=1S/C17H23N3O4S/c1-5-6-15-19-20-17(25-15)18-14(21)8-7-11-9-12(22-2)16(24-4)13(10-11)23-3/h9-10H,5-8H2,1-4H3,(H,18,20,21). The Morgan fingerprint density at radius 2 is 1.76 bits per heavy atom. The topological polar surface area (TPSA) is 82.6 Å². The van der Waals surface area contributed by atoms with Gasteiger partial charge < -0.3 is 19.5 Å². The zero-order valence-corrected chi connectivity index (χ0v) is 15.7. The number of carbonyl (C=O) groups excluding carboxylic acids is 1. The van der Waals surface area contributed by atoms with E-state index in [1.807, 2.05) is 12.1 Å². The molecule has 0 atom stereocenters. The van der Waals surface area contributed by atoms with Crippen LogP contribution in [0, 0.1) is 0 Å². The fraction of sp³-hybridized carbons (Fsp3) is 0.471. The molecule has 0 spiro atoms. The Bertz CT molecular complexity index is 693. The van der Waals surface area contributed by atoms with Crippen molar-refractivity contribution in [2.75, 3.05) is 26.6 Å². The van der Waals surface area contributed by atoms with Crippen molar-refractivity contribution >= 4 is 22.4 Å². The predicted molar refractivity (Wildman–Crippen MR) is 97.0 cm³/mol. The van der Waals surface area contributed by atoms with Gasteiger partial charge in [0.15, 0.2) is 11.5 Å². The third-order valence-electron chi connectivity index (χ3n) is 3.54. The molecule has 8 heteroatoms. The smallest absolute Gasteiger partial charge is 0.226 e. The van der Waals surface area contributed by atoms with E-state index in [9.17, 15) is 4.79 Å². The van der Waals surface area contributed by atoms with Gasteiger partial charge in [-0.05, 0) is 30.5 Å². The van der Waals surface area contributed by atoms with Gasteiger partial charge in [0.2, 0.25) is 16.8 Å². The minimum atomic E-state index is -0.104. The van der Waals surface area contributed by atoms with Crippen LogP contribution in [0.5, 0.6) is 17.2 Å². The number of nitrogens with one attached hydrogen (secondary N) is 1. The highest BCUT2D eigenvalue weighted by atomic mass is 32.1. The maximum Gasteiger partial charge on any atom is 0.226 e. The van der Waals surface area contributed by atoms with Crippen LogP contribution < -0.4 is 19.5 Å². The van der Waals surface area contributed by atoms with Gasteiger partial charge in [-0.15, -0.1) is 10.2 Å². The molecule has 1 aromatic heterocycles. The van der Waals surface area contributed by atoms with Crippen LogP contribution in [0.1, 0.15) is 30.3 Å². The average molecular weight is 365 g/mol. The molecule has 0 aliphatic heterocycles. The molecule has 2 aromatic rings. The van der Waals surface area contributed by atoms with Gasteiger partial charge >= 0.3 is 0 Å². The quantitative estimate of drug-likeness (QED) is 0.735. The van der Waals surface area contributed by atoms with Crippen LogP contribution in [-0.4, -0.2) is 37.4 Å². The van der Waals surface area contributed by atoms with Crippen LogP contribution >= 0.6 is 11.3 Å². The summed E-state index contributed by atoms with van der Waals surface area (Å²) >= 11 is 1.41. The predicted octanol–water partition coefficient (Wildman–Crippen LogP) is 3.09. The molecule has 1 N–H and O–H groups in total. The summed E-state index contributed by atoms with van der Waals surface area (Å²) in [5.41, 5.74) is 0.925. The molecule has 1 heterocycles. The van der Waals surface area contributed by atoms with Gasteiger partial charge in [-0.25, -0.2) is 0 Å². The summed E-state index contributed by atoms with van der Waals surface area (Å²) in [5.74, 6) is 1.58. The van der Waals surface area contributed by atoms with Gasteiger partial charge in [0, 0.05) is 12.8 Å². The van der Waals surface area contributed by atoms with Crippen molar-refractivity contribution in [3.8, 4) is 17.2 Å². The van der Waals surface area contributed by atoms with Crippen molar-refractivity contribution in [2.24, 2.45) is 0 Å². The van der Waals surface area contributed by atoms with Crippen LogP contribution in [0.3, 0.4) is 0 Å². The first-order valence-corrected chi connectivity index (χ1v) is 8.84. The number of benzene rings is 1. The number of methoxy groups -OCH3 is 3. The molecule has 25 heavy (non-hydrogen) atoms. The normalized spacial score (nSPS) is 10.4. The van der Waals surface area contributed by atoms with E-state index in [1.165, 1.54) is 11.3 Å². The van der Waals surface area contributed by atoms with Crippen molar-refractivity contribution in [3.63, 3.8) is 0 Å². The molecule has 0 saturated carbocycles. The molecule has 0 unspecified atom stereocenters. The summed E-state index contributed by atoms with van der Waals surface area (Å²) in [4.78, 5) is 12.1. The van der Waals surface area contributed by atoms with Gasteiger partial charge in [0.25, 0.3) is 0 Å². The second kappa shape index (κ2) is 9.22. The molecule has 0 fully saturated rings. The molecule has 0 radical (unpaired) electrons. The van der Waals surface area contributed by atoms with Crippen molar-refractivity contribution < 1.29 is 19.0 Å². The summed E-state index contributed by atoms with van der Waals surface area (Å²) in [7, 11) is 4.69. The van der Waals surface area contributed by atoms with E-state index in [-0.39, 0.29) is 5.91 Å². The van der Waals surface area contributed by atoms with Crippen LogP contribution in [-0.2, 0) is 17.6 Å². The Hall–Kier alpha value is -2.35. The lowest BCUT2D eigenvalue weighted by molar-refractivity contribution is -0.116. The average Bonchev–Trinajstić information content (AvgIpc) is 3.06. The van der Waals surface area contributed by atoms with Gasteiger partial charge in [-0.3, -0.25) is 4.79 Å². The number of carbonyl (C=O) groups is 1. The van der Waals surface area contributed by atoms with Crippen LogP contribution in [0.2, 0.25) is 0 Å². The number of anilines is 1. The summed E-state index contributed by atoms with van der Waals surface area (Å²) in [6, 6.07) is 3.69. The summed E-state index contributed by atoms with van der Waals surface area (Å²) in [6.07, 6.45) is 2.74. The van der Waals surface area contributed by atoms with Gasteiger partial charge in [0.1, 0.15) is 5.01 Å². The molecule has 2 rings (SSSR count). The second-order valence-corrected chi connectivity index (χ2v) is 6.39. The lowest BCUT2D eigenvalue weighted by atomic mass is 10.1. The molecular weight excluding hydrogens is 342 g/mol. The Morgan fingerprint density at radius 1 is 1.08 bits per heavy atom. The highest BCUT2D eigenvalue weighted by Crippen LogP contribution is 2.38. The molecule has 136 valence electrons. The molecule has 7 nitrogen and oxygen atoms in total. The van der Waals surface area contributed by atoms with Crippen molar-refractivity contribution in [1.82, 2.24) is 10.2 Å². The van der Waals surface area contributed by atoms with Gasteiger partial charge in [-0.2, -0.15) is 0 Å². The number of aromatic nitrogens is 2. The highest BCUT2D eigenvalue weighted by Gasteiger charge is 2.14. The highest BCUT2D eigenvalue weighted by molar-refractivity contribution is 7.15. The molecule has 0 bridgehead atoms. The van der Waals surface area contributed by atoms with Gasteiger partial charge in [-0.1, -0.05) is 18.3 Å². The van der Waals surface area contributed by atoms with E-state index in [2.05, 4.69) is 22.4 Å². The van der Waals surface area contributed by atoms with E-state index < -0.39 is 0 Å². The fourth-order valence-electron chi connectivity index (χ4n) is 2.34. The lowest BCUT2D eigenvalue weighted by Gasteiger charge is -2.14. The van der Waals surface area contributed by atoms with Crippen LogP contribution in [0.25, 0.3) is 0 Å². The number of hydrogen-bond donors (Lipinski definition) is 1. The molecule has 1 amide bonds. The first kappa shape index (κ1) is 19.0. The van der Waals surface area contributed by atoms with E-state index in [0.29, 0.717) is 35.2 Å². The number of amides is 1. The zero-order valence-electron chi connectivity index (χ0n) is 14.9. The molecule has 0 saturated heterocycles. The first-order valence-electron chi connectivity index (χ1n) is 8.02. The van der Waals surface area contributed by atoms with E-state index >= 15 is 0 Å². The SMILES string of the molecule is CCCc1nnc(NC(=O)CCc2cc(OC)c(OC)c(OC)c2)s1. The van der Waals surface area contributed by atoms with Crippen molar-refractivity contribution in [3.05, 3.63) is 22.7 Å². The van der Waals surface area contributed by atoms with Crippen molar-refractivity contribution in [2.45, 2.75) is 32.6 Å². The van der Waals surface area contributed by atoms with E-state index in [4.69, 9.17) is 14.2 Å². The number of rotatable bonds is 9. The molecule has 0 aliphatic rings. The monoisotopic (exact) mass is 365 g/mol. The third-order valence-corrected chi connectivity index (χ3v) is 4.44. The summed E-state index contributed by atoms with van der Waals surface area (Å²) in [5, 5.41) is 12.3. The second-order valence-electron chi connectivity index (χ2n) is 5.33. The summed E-state index contributed by atoms with van der Waals surface area (Å²) < 4.78 is 15.9. The number of ether oxygens (including phenoxy) is 3. The van der Waals surface area contributed by atoms with Crippen LogP contribution in [0.4, 0.5) is 5.13 Å². The Balaban J connectivity index is 1.98. The largest absolute Gasteiger partial charge is 0.493 e. The number of hydrogen-bond acceptors (Lipinski definition) is 7. The maximum absolute atomic E-state index is 12.1.